The maximum absolute atomic E-state index is 12.6. The molecule has 1 N–H and O–H groups in total. The van der Waals surface area contributed by atoms with E-state index in [-0.39, 0.29) is 5.41 Å². The number of fused-ring (bicyclic) bond motifs is 1. The first-order valence-corrected chi connectivity index (χ1v) is 12.0. The minimum atomic E-state index is -1.13. The Morgan fingerprint density at radius 2 is 1.79 bits per heavy atom. The molecule has 4 rings (SSSR count). The molecule has 0 radical (unpaired) electrons. The van der Waals surface area contributed by atoms with Crippen LogP contribution in [0.1, 0.15) is 70.5 Å². The first-order valence-electron chi connectivity index (χ1n) is 12.0. The van der Waals surface area contributed by atoms with Crippen molar-refractivity contribution in [3.63, 3.8) is 0 Å². The summed E-state index contributed by atoms with van der Waals surface area (Å²) in [6.07, 6.45) is 2.69. The average Bonchev–Trinajstić information content (AvgIpc) is 3.15. The monoisotopic (exact) mass is 464 g/mol. The molecule has 1 fully saturated rings. The second-order valence-electron chi connectivity index (χ2n) is 11.2. The fourth-order valence-electron chi connectivity index (χ4n) is 4.90. The number of benzene rings is 1. The highest BCUT2D eigenvalue weighted by Gasteiger charge is 2.37. The largest absolute Gasteiger partial charge is 0.479 e. The van der Waals surface area contributed by atoms with Gasteiger partial charge in [-0.05, 0) is 58.9 Å². The second-order valence-corrected chi connectivity index (χ2v) is 11.2. The van der Waals surface area contributed by atoms with Gasteiger partial charge in [0.1, 0.15) is 5.58 Å². The number of pyridine rings is 1. The highest BCUT2D eigenvalue weighted by molar-refractivity contribution is 5.99. The van der Waals surface area contributed by atoms with Crippen LogP contribution in [-0.2, 0) is 9.53 Å². The van der Waals surface area contributed by atoms with Crippen LogP contribution >= 0.6 is 0 Å². The topological polar surface area (TPSA) is 75.8 Å². The van der Waals surface area contributed by atoms with E-state index in [0.29, 0.717) is 11.3 Å². The van der Waals surface area contributed by atoms with Crippen molar-refractivity contribution in [1.29, 1.82) is 0 Å². The zero-order valence-corrected chi connectivity index (χ0v) is 21.4. The number of furan rings is 1. The van der Waals surface area contributed by atoms with Crippen LogP contribution in [0.3, 0.4) is 0 Å². The van der Waals surface area contributed by atoms with E-state index in [9.17, 15) is 9.90 Å². The lowest BCUT2D eigenvalue weighted by atomic mass is 9.81. The van der Waals surface area contributed by atoms with Crippen LogP contribution in [-0.4, -0.2) is 34.8 Å². The molecule has 6 nitrogen and oxygen atoms in total. The number of piperidine rings is 1. The predicted octanol–water partition coefficient (Wildman–Crippen LogP) is 6.68. The standard InChI is InChI=1S/C28H36N2O4/c1-17-22(20-16-33-21-11-9-8-10-19(20)21)24(30-14-12-28(6,7)13-15-30)23(18(2)29-17)25(26(31)32)34-27(3,4)5/h8-11,16,25H,12-15H2,1-7H3,(H,31,32). The highest BCUT2D eigenvalue weighted by Crippen LogP contribution is 2.46. The summed E-state index contributed by atoms with van der Waals surface area (Å²) in [5.74, 6) is -1.01. The van der Waals surface area contributed by atoms with Gasteiger partial charge in [0.25, 0.3) is 0 Å². The van der Waals surface area contributed by atoms with Gasteiger partial charge in [-0.2, -0.15) is 0 Å². The molecule has 3 heterocycles. The summed E-state index contributed by atoms with van der Waals surface area (Å²) in [5, 5.41) is 11.3. The Morgan fingerprint density at radius 1 is 1.15 bits per heavy atom. The molecule has 0 spiro atoms. The zero-order chi connectivity index (χ0) is 24.8. The van der Waals surface area contributed by atoms with Gasteiger partial charge in [0, 0.05) is 46.6 Å². The Hall–Kier alpha value is -2.86. The third kappa shape index (κ3) is 4.69. The first-order chi connectivity index (χ1) is 15.9. The van der Waals surface area contributed by atoms with Gasteiger partial charge >= 0.3 is 5.97 Å². The van der Waals surface area contributed by atoms with E-state index in [1.54, 1.807) is 6.26 Å². The minimum Gasteiger partial charge on any atom is -0.479 e. The number of aromatic nitrogens is 1. The van der Waals surface area contributed by atoms with Crippen LogP contribution in [0.2, 0.25) is 0 Å². The number of carboxylic acids is 1. The summed E-state index contributed by atoms with van der Waals surface area (Å²) in [6.45, 7) is 15.8. The maximum atomic E-state index is 12.6. The lowest BCUT2D eigenvalue weighted by Gasteiger charge is -2.41. The quantitative estimate of drug-likeness (QED) is 0.454. The molecule has 1 aliphatic heterocycles. The van der Waals surface area contributed by atoms with Crippen molar-refractivity contribution in [2.45, 2.75) is 73.0 Å². The number of hydrogen-bond acceptors (Lipinski definition) is 5. The van der Waals surface area contributed by atoms with Gasteiger partial charge in [-0.15, -0.1) is 0 Å². The highest BCUT2D eigenvalue weighted by atomic mass is 16.5. The van der Waals surface area contributed by atoms with Crippen LogP contribution in [0.15, 0.2) is 34.9 Å². The van der Waals surface area contributed by atoms with Gasteiger partial charge in [-0.3, -0.25) is 4.98 Å². The molecule has 3 aromatic rings. The van der Waals surface area contributed by atoms with Gasteiger partial charge in [0.15, 0.2) is 6.10 Å². The van der Waals surface area contributed by atoms with Crippen molar-refractivity contribution in [2.75, 3.05) is 18.0 Å². The average molecular weight is 465 g/mol. The molecule has 1 saturated heterocycles. The minimum absolute atomic E-state index is 0.254. The van der Waals surface area contributed by atoms with Crippen molar-refractivity contribution in [3.05, 3.63) is 47.5 Å². The number of carboxylic acid groups (broad SMARTS) is 1. The molecule has 1 aliphatic rings. The van der Waals surface area contributed by atoms with Crippen LogP contribution in [0, 0.1) is 19.3 Å². The first kappa shape index (κ1) is 24.3. The van der Waals surface area contributed by atoms with Gasteiger partial charge in [-0.25, -0.2) is 4.79 Å². The van der Waals surface area contributed by atoms with Crippen molar-refractivity contribution in [1.82, 2.24) is 4.98 Å². The Balaban J connectivity index is 2.01. The third-order valence-electron chi connectivity index (χ3n) is 6.72. The van der Waals surface area contributed by atoms with Crippen molar-refractivity contribution < 1.29 is 19.1 Å². The number of anilines is 1. The fourth-order valence-corrected chi connectivity index (χ4v) is 4.90. The van der Waals surface area contributed by atoms with Crippen molar-refractivity contribution >= 4 is 22.6 Å². The predicted molar refractivity (Wildman–Crippen MR) is 135 cm³/mol. The maximum Gasteiger partial charge on any atom is 0.337 e. The Labute approximate surface area is 201 Å². The fraction of sp³-hybridized carbons (Fsp3) is 0.500. The number of rotatable bonds is 5. The molecule has 2 aromatic heterocycles. The summed E-state index contributed by atoms with van der Waals surface area (Å²) in [7, 11) is 0. The van der Waals surface area contributed by atoms with Crippen LogP contribution in [0.4, 0.5) is 5.69 Å². The lowest BCUT2D eigenvalue weighted by Crippen LogP contribution is -2.39. The van der Waals surface area contributed by atoms with Gasteiger partial charge in [0.05, 0.1) is 17.6 Å². The molecule has 0 bridgehead atoms. The molecule has 1 aromatic carbocycles. The molecular formula is C28H36N2O4. The number of aryl methyl sites for hydroxylation is 2. The normalized spacial score (nSPS) is 17.2. The molecule has 0 saturated carbocycles. The molecule has 1 atom stereocenters. The number of carbonyl (C=O) groups is 1. The third-order valence-corrected chi connectivity index (χ3v) is 6.72. The Kier molecular flexibility index (Phi) is 6.23. The van der Waals surface area contributed by atoms with Crippen molar-refractivity contribution in [2.24, 2.45) is 5.41 Å². The van der Waals surface area contributed by atoms with Gasteiger partial charge in [0.2, 0.25) is 0 Å². The van der Waals surface area contributed by atoms with E-state index in [4.69, 9.17) is 14.1 Å². The van der Waals surface area contributed by atoms with E-state index in [1.165, 1.54) is 0 Å². The summed E-state index contributed by atoms with van der Waals surface area (Å²) in [5.41, 5.74) is 5.35. The molecule has 34 heavy (non-hydrogen) atoms. The van der Waals surface area contributed by atoms with Crippen LogP contribution < -0.4 is 4.90 Å². The molecule has 0 aliphatic carbocycles. The SMILES string of the molecule is Cc1nc(C)c(C(OC(C)(C)C)C(=O)O)c(N2CCC(C)(C)CC2)c1-c1coc2ccccc12. The molecule has 6 heteroatoms. The summed E-state index contributed by atoms with van der Waals surface area (Å²) in [4.78, 5) is 19.7. The van der Waals surface area contributed by atoms with E-state index >= 15 is 0 Å². The van der Waals surface area contributed by atoms with Crippen LogP contribution in [0.25, 0.3) is 22.1 Å². The number of hydrogen-bond donors (Lipinski definition) is 1. The molecular weight excluding hydrogens is 428 g/mol. The number of nitrogens with zero attached hydrogens (tertiary/aromatic N) is 2. The molecule has 1 unspecified atom stereocenters. The number of ether oxygens (including phenoxy) is 1. The van der Waals surface area contributed by atoms with Crippen molar-refractivity contribution in [3.8, 4) is 11.1 Å². The Bertz CT molecular complexity index is 1210. The summed E-state index contributed by atoms with van der Waals surface area (Å²) in [6, 6.07) is 7.93. The molecule has 182 valence electrons. The number of aliphatic carboxylic acids is 1. The second kappa shape index (κ2) is 8.73. The summed E-state index contributed by atoms with van der Waals surface area (Å²) >= 11 is 0. The lowest BCUT2D eigenvalue weighted by molar-refractivity contribution is -0.160. The van der Waals surface area contributed by atoms with Gasteiger partial charge in [-0.1, -0.05) is 32.0 Å². The van der Waals surface area contributed by atoms with E-state index in [2.05, 4.69) is 18.7 Å². The smallest absolute Gasteiger partial charge is 0.337 e. The van der Waals surface area contributed by atoms with Gasteiger partial charge < -0.3 is 19.2 Å². The van der Waals surface area contributed by atoms with E-state index < -0.39 is 17.7 Å². The zero-order valence-electron chi connectivity index (χ0n) is 21.4. The van der Waals surface area contributed by atoms with Crippen LogP contribution in [0.5, 0.6) is 0 Å². The van der Waals surface area contributed by atoms with E-state index in [1.807, 2.05) is 58.9 Å². The van der Waals surface area contributed by atoms with E-state index in [0.717, 1.165) is 59.4 Å². The number of para-hydroxylation sites is 1. The summed E-state index contributed by atoms with van der Waals surface area (Å²) < 4.78 is 12.0. The Morgan fingerprint density at radius 3 is 2.41 bits per heavy atom. The molecule has 0 amide bonds.